The molecule has 1 saturated heterocycles. The SMILES string of the molecule is COc1ccc(OC2CCN(C(=O)c3c(C)[nH]c(C)cc3=O)CC2)cc1. The van der Waals surface area contributed by atoms with Crippen LogP contribution in [0.1, 0.15) is 34.6 Å². The molecule has 2 aromatic rings. The first kappa shape index (κ1) is 18.0. The summed E-state index contributed by atoms with van der Waals surface area (Å²) < 4.78 is 11.1. The predicted molar refractivity (Wildman–Crippen MR) is 99.1 cm³/mol. The number of aryl methyl sites for hydroxylation is 2. The minimum atomic E-state index is -0.222. The summed E-state index contributed by atoms with van der Waals surface area (Å²) in [6.07, 6.45) is 1.53. The van der Waals surface area contributed by atoms with E-state index in [1.165, 1.54) is 6.07 Å². The van der Waals surface area contributed by atoms with Gasteiger partial charge in [0, 0.05) is 43.4 Å². The van der Waals surface area contributed by atoms with E-state index in [0.717, 1.165) is 30.0 Å². The van der Waals surface area contributed by atoms with Gasteiger partial charge in [0.05, 0.1) is 7.11 Å². The van der Waals surface area contributed by atoms with Crippen molar-refractivity contribution in [2.75, 3.05) is 20.2 Å². The number of benzene rings is 1. The second-order valence-corrected chi connectivity index (χ2v) is 6.60. The molecule has 1 aliphatic rings. The average molecular weight is 356 g/mol. The van der Waals surface area contributed by atoms with Gasteiger partial charge in [-0.1, -0.05) is 0 Å². The van der Waals surface area contributed by atoms with E-state index in [2.05, 4.69) is 4.98 Å². The quantitative estimate of drug-likeness (QED) is 0.914. The van der Waals surface area contributed by atoms with Crippen LogP contribution in [0.2, 0.25) is 0 Å². The summed E-state index contributed by atoms with van der Waals surface area (Å²) in [5, 5.41) is 0. The van der Waals surface area contributed by atoms with Gasteiger partial charge in [-0.05, 0) is 38.1 Å². The highest BCUT2D eigenvalue weighted by atomic mass is 16.5. The lowest BCUT2D eigenvalue weighted by atomic mass is 10.1. The largest absolute Gasteiger partial charge is 0.497 e. The number of methoxy groups -OCH3 is 1. The Morgan fingerprint density at radius 3 is 2.31 bits per heavy atom. The summed E-state index contributed by atoms with van der Waals surface area (Å²) in [6.45, 7) is 4.73. The minimum Gasteiger partial charge on any atom is -0.497 e. The Morgan fingerprint density at radius 2 is 1.73 bits per heavy atom. The van der Waals surface area contributed by atoms with Gasteiger partial charge in [0.15, 0.2) is 5.43 Å². The Labute approximate surface area is 152 Å². The third kappa shape index (κ3) is 3.90. The van der Waals surface area contributed by atoms with Gasteiger partial charge in [0.2, 0.25) is 0 Å². The second-order valence-electron chi connectivity index (χ2n) is 6.60. The zero-order valence-corrected chi connectivity index (χ0v) is 15.4. The standard InChI is InChI=1S/C20H24N2O4/c1-13-12-18(23)19(14(2)21-13)20(24)22-10-8-17(9-11-22)26-16-6-4-15(25-3)5-7-16/h4-7,12,17H,8-11H2,1-3H3,(H,21,23). The third-order valence-electron chi connectivity index (χ3n) is 4.66. The molecule has 6 heteroatoms. The summed E-state index contributed by atoms with van der Waals surface area (Å²) in [4.78, 5) is 29.7. The highest BCUT2D eigenvalue weighted by Crippen LogP contribution is 2.22. The van der Waals surface area contributed by atoms with E-state index in [1.54, 1.807) is 18.9 Å². The predicted octanol–water partition coefficient (Wildman–Crippen LogP) is 2.68. The van der Waals surface area contributed by atoms with Crippen molar-refractivity contribution in [2.45, 2.75) is 32.8 Å². The first-order valence-corrected chi connectivity index (χ1v) is 8.78. The molecule has 0 unspecified atom stereocenters. The number of hydrogen-bond donors (Lipinski definition) is 1. The number of carbonyl (C=O) groups is 1. The van der Waals surface area contributed by atoms with Gasteiger partial charge < -0.3 is 19.4 Å². The van der Waals surface area contributed by atoms with E-state index in [4.69, 9.17) is 9.47 Å². The van der Waals surface area contributed by atoms with Crippen LogP contribution in [0.25, 0.3) is 0 Å². The van der Waals surface area contributed by atoms with E-state index >= 15 is 0 Å². The maximum atomic E-state index is 12.7. The van der Waals surface area contributed by atoms with Crippen molar-refractivity contribution >= 4 is 5.91 Å². The topological polar surface area (TPSA) is 71.6 Å². The van der Waals surface area contributed by atoms with Crippen LogP contribution >= 0.6 is 0 Å². The summed E-state index contributed by atoms with van der Waals surface area (Å²) in [7, 11) is 1.63. The zero-order chi connectivity index (χ0) is 18.7. The number of pyridine rings is 1. The van der Waals surface area contributed by atoms with Gasteiger partial charge in [-0.2, -0.15) is 0 Å². The molecule has 1 aromatic heterocycles. The van der Waals surface area contributed by atoms with Crippen LogP contribution in [0.3, 0.4) is 0 Å². The van der Waals surface area contributed by atoms with Gasteiger partial charge >= 0.3 is 0 Å². The number of nitrogens with zero attached hydrogens (tertiary/aromatic N) is 1. The lowest BCUT2D eigenvalue weighted by Gasteiger charge is -2.32. The van der Waals surface area contributed by atoms with Crippen LogP contribution in [0.4, 0.5) is 0 Å². The molecule has 26 heavy (non-hydrogen) atoms. The number of ether oxygens (including phenoxy) is 2. The molecular formula is C20H24N2O4. The van der Waals surface area contributed by atoms with Gasteiger partial charge in [-0.3, -0.25) is 9.59 Å². The number of H-pyrrole nitrogens is 1. The van der Waals surface area contributed by atoms with Crippen LogP contribution in [-0.2, 0) is 0 Å². The molecule has 0 spiro atoms. The third-order valence-corrected chi connectivity index (χ3v) is 4.66. The maximum absolute atomic E-state index is 12.7. The van der Waals surface area contributed by atoms with Crippen LogP contribution in [-0.4, -0.2) is 42.1 Å². The number of aromatic nitrogens is 1. The van der Waals surface area contributed by atoms with E-state index in [-0.39, 0.29) is 23.0 Å². The zero-order valence-electron chi connectivity index (χ0n) is 15.4. The minimum absolute atomic E-state index is 0.0600. The number of likely N-dealkylation sites (tertiary alicyclic amines) is 1. The summed E-state index contributed by atoms with van der Waals surface area (Å²) in [5.74, 6) is 1.38. The number of hydrogen-bond acceptors (Lipinski definition) is 4. The molecular weight excluding hydrogens is 332 g/mol. The highest BCUT2D eigenvalue weighted by molar-refractivity contribution is 5.95. The van der Waals surface area contributed by atoms with Crippen molar-refractivity contribution in [3.63, 3.8) is 0 Å². The lowest BCUT2D eigenvalue weighted by molar-refractivity contribution is 0.0593. The Bertz CT molecular complexity index is 834. The molecule has 1 amide bonds. The average Bonchev–Trinajstić information content (AvgIpc) is 2.62. The van der Waals surface area contributed by atoms with E-state index in [9.17, 15) is 9.59 Å². The molecule has 0 saturated carbocycles. The van der Waals surface area contributed by atoms with Crippen LogP contribution in [0.15, 0.2) is 35.1 Å². The van der Waals surface area contributed by atoms with Crippen LogP contribution in [0, 0.1) is 13.8 Å². The molecule has 6 nitrogen and oxygen atoms in total. The smallest absolute Gasteiger partial charge is 0.259 e. The monoisotopic (exact) mass is 356 g/mol. The summed E-state index contributed by atoms with van der Waals surface area (Å²) >= 11 is 0. The molecule has 0 radical (unpaired) electrons. The van der Waals surface area contributed by atoms with E-state index < -0.39 is 0 Å². The van der Waals surface area contributed by atoms with Gasteiger partial charge in [0.1, 0.15) is 23.2 Å². The lowest BCUT2D eigenvalue weighted by Crippen LogP contribution is -2.43. The Kier molecular flexibility index (Phi) is 5.30. The first-order chi connectivity index (χ1) is 12.5. The number of nitrogens with one attached hydrogen (secondary N) is 1. The Balaban J connectivity index is 1.61. The fourth-order valence-corrected chi connectivity index (χ4v) is 3.30. The molecule has 1 N–H and O–H groups in total. The number of aromatic amines is 1. The molecule has 0 atom stereocenters. The molecule has 0 aliphatic carbocycles. The molecule has 0 bridgehead atoms. The van der Waals surface area contributed by atoms with Crippen molar-refractivity contribution in [3.8, 4) is 11.5 Å². The Hall–Kier alpha value is -2.76. The maximum Gasteiger partial charge on any atom is 0.259 e. The van der Waals surface area contributed by atoms with E-state index in [1.807, 2.05) is 31.2 Å². The van der Waals surface area contributed by atoms with Crippen LogP contribution in [0.5, 0.6) is 11.5 Å². The molecule has 2 heterocycles. The van der Waals surface area contributed by atoms with E-state index in [0.29, 0.717) is 18.8 Å². The van der Waals surface area contributed by atoms with Crippen molar-refractivity contribution in [1.29, 1.82) is 0 Å². The second kappa shape index (κ2) is 7.64. The fourth-order valence-electron chi connectivity index (χ4n) is 3.30. The Morgan fingerprint density at radius 1 is 1.12 bits per heavy atom. The number of piperidine rings is 1. The number of amides is 1. The van der Waals surface area contributed by atoms with Crippen molar-refractivity contribution in [3.05, 3.63) is 57.5 Å². The number of rotatable bonds is 4. The van der Waals surface area contributed by atoms with Gasteiger partial charge in [-0.25, -0.2) is 0 Å². The number of carbonyl (C=O) groups excluding carboxylic acids is 1. The van der Waals surface area contributed by atoms with Crippen LogP contribution < -0.4 is 14.9 Å². The van der Waals surface area contributed by atoms with Gasteiger partial charge in [-0.15, -0.1) is 0 Å². The summed E-state index contributed by atoms with van der Waals surface area (Å²) in [5.41, 5.74) is 1.40. The van der Waals surface area contributed by atoms with Crippen molar-refractivity contribution in [1.82, 2.24) is 9.88 Å². The first-order valence-electron chi connectivity index (χ1n) is 8.78. The molecule has 1 aliphatic heterocycles. The molecule has 1 fully saturated rings. The van der Waals surface area contributed by atoms with Crippen molar-refractivity contribution in [2.24, 2.45) is 0 Å². The fraction of sp³-hybridized carbons (Fsp3) is 0.400. The van der Waals surface area contributed by atoms with Gasteiger partial charge in [0.25, 0.3) is 5.91 Å². The normalized spacial score (nSPS) is 15.0. The summed E-state index contributed by atoms with van der Waals surface area (Å²) in [6, 6.07) is 8.96. The highest BCUT2D eigenvalue weighted by Gasteiger charge is 2.27. The molecule has 1 aromatic carbocycles. The molecule has 3 rings (SSSR count). The molecule has 138 valence electrons. The van der Waals surface area contributed by atoms with Crippen molar-refractivity contribution < 1.29 is 14.3 Å².